The lowest BCUT2D eigenvalue weighted by atomic mass is 9.95. The predicted octanol–water partition coefficient (Wildman–Crippen LogP) is 4.39. The van der Waals surface area contributed by atoms with Gasteiger partial charge in [0.2, 0.25) is 0 Å². The minimum absolute atomic E-state index is 0.136. The number of likely N-dealkylation sites (tertiary alicyclic amines) is 1. The van der Waals surface area contributed by atoms with Gasteiger partial charge in [0.25, 0.3) is 11.7 Å². The summed E-state index contributed by atoms with van der Waals surface area (Å²) in [6, 6.07) is 16.4. The largest absolute Gasteiger partial charge is 0.507 e. The van der Waals surface area contributed by atoms with Gasteiger partial charge in [-0.15, -0.1) is 0 Å². The molecule has 2 heterocycles. The third-order valence-electron chi connectivity index (χ3n) is 5.25. The van der Waals surface area contributed by atoms with E-state index in [9.17, 15) is 14.7 Å². The average Bonchev–Trinajstić information content (AvgIpc) is 3.26. The lowest BCUT2D eigenvalue weighted by molar-refractivity contribution is -0.139. The number of amides is 1. The number of aromatic amines is 1. The number of aliphatic hydroxyl groups excluding tert-OH is 1. The van der Waals surface area contributed by atoms with E-state index < -0.39 is 17.7 Å². The molecule has 0 bridgehead atoms. The minimum Gasteiger partial charge on any atom is -0.507 e. The van der Waals surface area contributed by atoms with Crippen molar-refractivity contribution in [2.24, 2.45) is 0 Å². The molecule has 0 aliphatic carbocycles. The van der Waals surface area contributed by atoms with Gasteiger partial charge in [0.15, 0.2) is 0 Å². The second kappa shape index (κ2) is 7.35. The van der Waals surface area contributed by atoms with Gasteiger partial charge in [0.1, 0.15) is 5.76 Å². The van der Waals surface area contributed by atoms with Gasteiger partial charge in [0, 0.05) is 29.2 Å². The Morgan fingerprint density at radius 3 is 2.54 bits per heavy atom. The number of unbranched alkanes of at least 4 members (excludes halogenated alkanes) is 1. The van der Waals surface area contributed by atoms with Gasteiger partial charge in [-0.1, -0.05) is 61.9 Å². The second-order valence-corrected chi connectivity index (χ2v) is 7.00. The maximum absolute atomic E-state index is 12.9. The smallest absolute Gasteiger partial charge is 0.295 e. The van der Waals surface area contributed by atoms with E-state index in [0.29, 0.717) is 12.1 Å². The van der Waals surface area contributed by atoms with Gasteiger partial charge in [0.05, 0.1) is 11.6 Å². The summed E-state index contributed by atoms with van der Waals surface area (Å²) in [4.78, 5) is 30.4. The van der Waals surface area contributed by atoms with E-state index in [4.69, 9.17) is 0 Å². The molecule has 1 amide bonds. The molecule has 0 saturated carbocycles. The highest BCUT2D eigenvalue weighted by Crippen LogP contribution is 2.40. The predicted molar refractivity (Wildman–Crippen MR) is 109 cm³/mol. The number of ketones is 1. The normalized spacial score (nSPS) is 18.9. The number of benzene rings is 2. The first-order valence-electron chi connectivity index (χ1n) is 9.53. The number of fused-ring (bicyclic) bond motifs is 1. The SMILES string of the molecule is CCCCN1C(=O)C(=O)/C(=C(\O)c2c[nH]c3ccccc23)C1c1ccccc1. The summed E-state index contributed by atoms with van der Waals surface area (Å²) < 4.78 is 0. The number of nitrogens with one attached hydrogen (secondary N) is 1. The molecule has 2 N–H and O–H groups in total. The molecule has 1 atom stereocenters. The third kappa shape index (κ3) is 2.89. The van der Waals surface area contributed by atoms with Crippen molar-refractivity contribution in [3.8, 4) is 0 Å². The summed E-state index contributed by atoms with van der Waals surface area (Å²) in [5, 5.41) is 11.9. The Bertz CT molecular complexity index is 1070. The number of carbonyl (C=O) groups is 2. The summed E-state index contributed by atoms with van der Waals surface area (Å²) in [7, 11) is 0. The highest BCUT2D eigenvalue weighted by atomic mass is 16.3. The molecule has 0 spiro atoms. The molecular formula is C23H22N2O3. The molecule has 1 aliphatic heterocycles. The highest BCUT2D eigenvalue weighted by molar-refractivity contribution is 6.46. The monoisotopic (exact) mass is 374 g/mol. The summed E-state index contributed by atoms with van der Waals surface area (Å²) in [6.07, 6.45) is 3.39. The molecule has 1 aliphatic rings. The number of Topliss-reactive ketones (excluding diaryl/α,β-unsaturated/α-hetero) is 1. The first-order chi connectivity index (χ1) is 13.6. The summed E-state index contributed by atoms with van der Waals surface area (Å²) >= 11 is 0. The summed E-state index contributed by atoms with van der Waals surface area (Å²) in [5.74, 6) is -1.32. The molecule has 5 nitrogen and oxygen atoms in total. The van der Waals surface area contributed by atoms with Crippen LogP contribution < -0.4 is 0 Å². The zero-order valence-electron chi connectivity index (χ0n) is 15.7. The lowest BCUT2D eigenvalue weighted by Crippen LogP contribution is -2.30. The fourth-order valence-electron chi connectivity index (χ4n) is 3.83. The lowest BCUT2D eigenvalue weighted by Gasteiger charge is -2.25. The zero-order valence-corrected chi connectivity index (χ0v) is 15.7. The van der Waals surface area contributed by atoms with Gasteiger partial charge in [-0.3, -0.25) is 9.59 Å². The number of hydrogen-bond acceptors (Lipinski definition) is 3. The van der Waals surface area contributed by atoms with Crippen LogP contribution >= 0.6 is 0 Å². The van der Waals surface area contributed by atoms with Gasteiger partial charge in [-0.2, -0.15) is 0 Å². The molecule has 1 aromatic heterocycles. The van der Waals surface area contributed by atoms with Crippen LogP contribution in [0.25, 0.3) is 16.7 Å². The zero-order chi connectivity index (χ0) is 19.7. The molecule has 0 radical (unpaired) electrons. The molecule has 142 valence electrons. The van der Waals surface area contributed by atoms with Crippen LogP contribution in [0.15, 0.2) is 66.4 Å². The molecule has 2 aromatic carbocycles. The number of aromatic nitrogens is 1. The molecule has 5 heteroatoms. The van der Waals surface area contributed by atoms with Crippen molar-refractivity contribution < 1.29 is 14.7 Å². The number of rotatable bonds is 5. The van der Waals surface area contributed by atoms with Gasteiger partial charge < -0.3 is 15.0 Å². The highest BCUT2D eigenvalue weighted by Gasteiger charge is 2.45. The van der Waals surface area contributed by atoms with Crippen molar-refractivity contribution in [3.63, 3.8) is 0 Å². The number of aliphatic hydroxyl groups is 1. The number of H-pyrrole nitrogens is 1. The number of nitrogens with zero attached hydrogens (tertiary/aromatic N) is 1. The van der Waals surface area contributed by atoms with Crippen molar-refractivity contribution in [2.75, 3.05) is 6.54 Å². The Morgan fingerprint density at radius 2 is 1.79 bits per heavy atom. The molecule has 3 aromatic rings. The molecule has 4 rings (SSSR count). The fraction of sp³-hybridized carbons (Fsp3) is 0.217. The first-order valence-corrected chi connectivity index (χ1v) is 9.53. The molecule has 1 saturated heterocycles. The summed E-state index contributed by atoms with van der Waals surface area (Å²) in [5.41, 5.74) is 2.36. The van der Waals surface area contributed by atoms with Gasteiger partial charge >= 0.3 is 0 Å². The summed E-state index contributed by atoms with van der Waals surface area (Å²) in [6.45, 7) is 2.52. The molecule has 28 heavy (non-hydrogen) atoms. The topological polar surface area (TPSA) is 73.4 Å². The van der Waals surface area contributed by atoms with E-state index in [1.807, 2.05) is 61.5 Å². The van der Waals surface area contributed by atoms with Crippen LogP contribution in [0.4, 0.5) is 0 Å². The van der Waals surface area contributed by atoms with Crippen LogP contribution in [0, 0.1) is 0 Å². The van der Waals surface area contributed by atoms with Crippen molar-refractivity contribution in [1.29, 1.82) is 0 Å². The van der Waals surface area contributed by atoms with E-state index in [1.165, 1.54) is 0 Å². The fourth-order valence-corrected chi connectivity index (χ4v) is 3.83. The Kier molecular flexibility index (Phi) is 4.74. The van der Waals surface area contributed by atoms with Crippen molar-refractivity contribution >= 4 is 28.4 Å². The third-order valence-corrected chi connectivity index (χ3v) is 5.25. The first kappa shape index (κ1) is 18.0. The Morgan fingerprint density at radius 1 is 1.07 bits per heavy atom. The van der Waals surface area contributed by atoms with Gasteiger partial charge in [-0.05, 0) is 18.1 Å². The van der Waals surface area contributed by atoms with Crippen molar-refractivity contribution in [2.45, 2.75) is 25.8 Å². The van der Waals surface area contributed by atoms with Crippen LogP contribution in [0.5, 0.6) is 0 Å². The second-order valence-electron chi connectivity index (χ2n) is 7.00. The Balaban J connectivity index is 1.90. The van der Waals surface area contributed by atoms with E-state index in [1.54, 1.807) is 11.1 Å². The van der Waals surface area contributed by atoms with Crippen molar-refractivity contribution in [1.82, 2.24) is 9.88 Å². The van der Waals surface area contributed by atoms with Crippen LogP contribution in [0.3, 0.4) is 0 Å². The maximum Gasteiger partial charge on any atom is 0.295 e. The van der Waals surface area contributed by atoms with Crippen LogP contribution in [0.2, 0.25) is 0 Å². The average molecular weight is 374 g/mol. The molecular weight excluding hydrogens is 352 g/mol. The van der Waals surface area contributed by atoms with E-state index >= 15 is 0 Å². The van der Waals surface area contributed by atoms with E-state index in [-0.39, 0.29) is 11.3 Å². The molecule has 1 unspecified atom stereocenters. The van der Waals surface area contributed by atoms with E-state index in [2.05, 4.69) is 4.98 Å². The maximum atomic E-state index is 12.9. The van der Waals surface area contributed by atoms with Crippen LogP contribution in [0.1, 0.15) is 36.9 Å². The Labute approximate surface area is 163 Å². The minimum atomic E-state index is -0.632. The quantitative estimate of drug-likeness (QED) is 0.395. The van der Waals surface area contributed by atoms with E-state index in [0.717, 1.165) is 29.3 Å². The standard InChI is InChI=1S/C23H22N2O3/c1-2-3-13-25-20(15-9-5-4-6-10-15)19(22(27)23(25)28)21(26)17-14-24-18-12-8-7-11-16(17)18/h4-12,14,20,24,26H,2-3,13H2,1H3/b21-19-. The Hall–Kier alpha value is -3.34. The van der Waals surface area contributed by atoms with Crippen LogP contribution in [-0.2, 0) is 9.59 Å². The number of hydrogen-bond donors (Lipinski definition) is 2. The van der Waals surface area contributed by atoms with Crippen molar-refractivity contribution in [3.05, 3.63) is 77.5 Å². The molecule has 1 fully saturated rings. The number of carbonyl (C=O) groups excluding carboxylic acids is 2. The van der Waals surface area contributed by atoms with Crippen LogP contribution in [-0.4, -0.2) is 33.2 Å². The number of para-hydroxylation sites is 1. The van der Waals surface area contributed by atoms with Gasteiger partial charge in [-0.25, -0.2) is 0 Å².